The number of unbranched alkanes of at least 4 members (excludes halogenated alkanes) is 26. The van der Waals surface area contributed by atoms with Gasteiger partial charge in [-0.15, -0.1) is 0 Å². The van der Waals surface area contributed by atoms with Crippen LogP contribution in [0.4, 0.5) is 0 Å². The lowest BCUT2D eigenvalue weighted by Gasteiger charge is -2.47. The standard InChI is InChI=1S/C48H93NO13/c1-3-5-7-9-11-13-15-17-18-20-22-24-26-28-30-32-38(53)49-39(35(52)31-29-27-25-23-21-19-16-14-12-10-8-6-4-2)41(55)47-44(58)43(57)46(37(34-51)60-47)62-48-45(59)42(56)40(54)36(33-50)61-48/h35-37,39-48,50-52,54-59H,3-34H2,1-2H3,(H,49,53)/t35-,36-,37-,39-,40+,41?,42+,43-,44-,45-,46-,47?,48+/m1/s1. The highest BCUT2D eigenvalue weighted by Gasteiger charge is 2.53. The molecule has 0 aromatic heterocycles. The van der Waals surface area contributed by atoms with Crippen LogP contribution in [0.5, 0.6) is 0 Å². The maximum atomic E-state index is 13.3. The van der Waals surface area contributed by atoms with Gasteiger partial charge < -0.3 is 65.5 Å². The van der Waals surface area contributed by atoms with Gasteiger partial charge in [0, 0.05) is 6.42 Å². The number of ether oxygens (including phenoxy) is 3. The summed E-state index contributed by atoms with van der Waals surface area (Å²) in [5, 5.41) is 99.2. The van der Waals surface area contributed by atoms with Gasteiger partial charge in [0.1, 0.15) is 61.0 Å². The topological polar surface area (TPSA) is 239 Å². The zero-order chi connectivity index (χ0) is 45.5. The third-order valence-corrected chi connectivity index (χ3v) is 13.1. The molecule has 0 spiro atoms. The summed E-state index contributed by atoms with van der Waals surface area (Å²) >= 11 is 0. The fourth-order valence-corrected chi connectivity index (χ4v) is 8.98. The first-order chi connectivity index (χ1) is 30.0. The first-order valence-corrected chi connectivity index (χ1v) is 25.3. The summed E-state index contributed by atoms with van der Waals surface area (Å²) in [5.41, 5.74) is 0. The molecule has 2 aliphatic heterocycles. The number of carbonyl (C=O) groups excluding carboxylic acids is 1. The van der Waals surface area contributed by atoms with E-state index < -0.39 is 92.7 Å². The minimum atomic E-state index is -1.85. The van der Waals surface area contributed by atoms with Gasteiger partial charge in [-0.25, -0.2) is 0 Å². The molecule has 0 bridgehead atoms. The first-order valence-electron chi connectivity index (χ1n) is 25.3. The van der Waals surface area contributed by atoms with Crippen LogP contribution in [0.2, 0.25) is 0 Å². The molecule has 0 aromatic carbocycles. The number of hydrogen-bond donors (Lipinski definition) is 10. The Morgan fingerprint density at radius 2 is 0.935 bits per heavy atom. The molecule has 0 aromatic rings. The highest BCUT2D eigenvalue weighted by molar-refractivity contribution is 5.76. The number of nitrogens with one attached hydrogen (secondary N) is 1. The zero-order valence-corrected chi connectivity index (χ0v) is 38.8. The van der Waals surface area contributed by atoms with Crippen LogP contribution in [0, 0.1) is 0 Å². The van der Waals surface area contributed by atoms with E-state index in [0.717, 1.165) is 38.5 Å². The summed E-state index contributed by atoms with van der Waals surface area (Å²) in [7, 11) is 0. The molecule has 14 nitrogen and oxygen atoms in total. The number of aliphatic hydroxyl groups excluding tert-OH is 9. The van der Waals surface area contributed by atoms with E-state index in [1.807, 2.05) is 0 Å². The average Bonchev–Trinajstić information content (AvgIpc) is 3.27. The van der Waals surface area contributed by atoms with Crippen molar-refractivity contribution in [3.63, 3.8) is 0 Å². The Hall–Kier alpha value is -1.01. The molecule has 0 saturated carbocycles. The molecule has 0 radical (unpaired) electrons. The molecule has 2 saturated heterocycles. The van der Waals surface area contributed by atoms with E-state index >= 15 is 0 Å². The van der Waals surface area contributed by atoms with Crippen LogP contribution in [-0.2, 0) is 19.0 Å². The Morgan fingerprint density at radius 3 is 1.37 bits per heavy atom. The largest absolute Gasteiger partial charge is 0.394 e. The van der Waals surface area contributed by atoms with Crippen LogP contribution in [0.15, 0.2) is 0 Å². The molecule has 2 fully saturated rings. The molecule has 13 atom stereocenters. The van der Waals surface area contributed by atoms with Crippen molar-refractivity contribution in [3.05, 3.63) is 0 Å². The lowest BCUT2D eigenvalue weighted by molar-refractivity contribution is -0.345. The van der Waals surface area contributed by atoms with Crippen molar-refractivity contribution in [2.24, 2.45) is 0 Å². The molecule has 62 heavy (non-hydrogen) atoms. The summed E-state index contributed by atoms with van der Waals surface area (Å²) in [5.74, 6) is -0.360. The molecule has 1 amide bonds. The molecule has 2 rings (SSSR count). The SMILES string of the molecule is CCCCCCCCCCCCCCCCCC(=O)N[C@@H](C(O)C1O[C@H](CO)[C@@H](O[C@@H]2O[C@H](CO)[C@H](O)[C@H](O)[C@H]2O)[C@H](O)[C@H]1O)[C@H](O)CCCCCCCCCCCCCCC. The maximum Gasteiger partial charge on any atom is 0.220 e. The maximum absolute atomic E-state index is 13.3. The molecular weight excluding hydrogens is 799 g/mol. The number of aliphatic hydroxyl groups is 9. The van der Waals surface area contributed by atoms with Crippen molar-refractivity contribution in [1.29, 1.82) is 0 Å². The van der Waals surface area contributed by atoms with Crippen LogP contribution < -0.4 is 5.32 Å². The molecule has 2 heterocycles. The van der Waals surface area contributed by atoms with Crippen LogP contribution in [0.3, 0.4) is 0 Å². The van der Waals surface area contributed by atoms with Gasteiger partial charge in [0.05, 0.1) is 25.4 Å². The van der Waals surface area contributed by atoms with Crippen molar-refractivity contribution in [2.45, 2.75) is 286 Å². The van der Waals surface area contributed by atoms with Gasteiger partial charge in [0.25, 0.3) is 0 Å². The van der Waals surface area contributed by atoms with E-state index in [-0.39, 0.29) is 18.7 Å². The van der Waals surface area contributed by atoms with E-state index in [4.69, 9.17) is 14.2 Å². The van der Waals surface area contributed by atoms with E-state index in [1.54, 1.807) is 0 Å². The minimum Gasteiger partial charge on any atom is -0.394 e. The molecule has 2 aliphatic rings. The highest BCUT2D eigenvalue weighted by atomic mass is 16.7. The van der Waals surface area contributed by atoms with Gasteiger partial charge in [-0.1, -0.05) is 187 Å². The number of hydrogen-bond acceptors (Lipinski definition) is 13. The third kappa shape index (κ3) is 22.0. The van der Waals surface area contributed by atoms with Crippen molar-refractivity contribution < 1.29 is 65.0 Å². The van der Waals surface area contributed by atoms with Crippen molar-refractivity contribution >= 4 is 5.91 Å². The lowest BCUT2D eigenvalue weighted by Crippen LogP contribution is -2.68. The van der Waals surface area contributed by atoms with Gasteiger partial charge in [-0.3, -0.25) is 4.79 Å². The Balaban J connectivity index is 1.91. The Morgan fingerprint density at radius 1 is 0.516 bits per heavy atom. The van der Waals surface area contributed by atoms with E-state index in [2.05, 4.69) is 19.2 Å². The molecule has 0 aliphatic carbocycles. The van der Waals surface area contributed by atoms with Gasteiger partial charge in [-0.05, 0) is 12.8 Å². The Bertz CT molecular complexity index is 1070. The van der Waals surface area contributed by atoms with Gasteiger partial charge >= 0.3 is 0 Å². The van der Waals surface area contributed by atoms with Crippen LogP contribution in [-0.4, -0.2) is 145 Å². The van der Waals surface area contributed by atoms with E-state index in [9.17, 15) is 50.8 Å². The summed E-state index contributed by atoms with van der Waals surface area (Å²) < 4.78 is 17.0. The normalized spacial score (nSPS) is 28.2. The van der Waals surface area contributed by atoms with Crippen molar-refractivity contribution in [2.75, 3.05) is 13.2 Å². The molecule has 14 heteroatoms. The second-order valence-electron chi connectivity index (χ2n) is 18.5. The van der Waals surface area contributed by atoms with E-state index in [1.165, 1.54) is 128 Å². The average molecular weight is 892 g/mol. The van der Waals surface area contributed by atoms with Crippen molar-refractivity contribution in [1.82, 2.24) is 5.32 Å². The molecular formula is C48H93NO13. The third-order valence-electron chi connectivity index (χ3n) is 13.1. The fourth-order valence-electron chi connectivity index (χ4n) is 8.98. The second kappa shape index (κ2) is 35.2. The summed E-state index contributed by atoms with van der Waals surface area (Å²) in [6, 6.07) is -1.26. The Labute approximate surface area is 374 Å². The van der Waals surface area contributed by atoms with Crippen molar-refractivity contribution in [3.8, 4) is 0 Å². The first kappa shape index (κ1) is 57.1. The molecule has 10 N–H and O–H groups in total. The number of carbonyl (C=O) groups is 1. The summed E-state index contributed by atoms with van der Waals surface area (Å²) in [4.78, 5) is 13.3. The van der Waals surface area contributed by atoms with Crippen LogP contribution in [0.1, 0.15) is 206 Å². The minimum absolute atomic E-state index is 0.192. The predicted octanol–water partition coefficient (Wildman–Crippen LogP) is 5.60. The highest BCUT2D eigenvalue weighted by Crippen LogP contribution is 2.31. The van der Waals surface area contributed by atoms with Gasteiger partial charge in [0.15, 0.2) is 6.29 Å². The van der Waals surface area contributed by atoms with Gasteiger partial charge in [0.2, 0.25) is 5.91 Å². The van der Waals surface area contributed by atoms with E-state index in [0.29, 0.717) is 12.8 Å². The quantitative estimate of drug-likeness (QED) is 0.0340. The summed E-state index contributed by atoms with van der Waals surface area (Å²) in [6.45, 7) is 2.98. The Kier molecular flexibility index (Phi) is 32.4. The number of rotatable bonds is 38. The molecule has 368 valence electrons. The molecule has 2 unspecified atom stereocenters. The second-order valence-corrected chi connectivity index (χ2v) is 18.5. The smallest absolute Gasteiger partial charge is 0.220 e. The zero-order valence-electron chi connectivity index (χ0n) is 38.8. The van der Waals surface area contributed by atoms with Crippen LogP contribution in [0.25, 0.3) is 0 Å². The van der Waals surface area contributed by atoms with Crippen LogP contribution >= 0.6 is 0 Å². The van der Waals surface area contributed by atoms with Gasteiger partial charge in [-0.2, -0.15) is 0 Å². The predicted molar refractivity (Wildman–Crippen MR) is 240 cm³/mol. The lowest BCUT2D eigenvalue weighted by atomic mass is 9.87. The fraction of sp³-hybridized carbons (Fsp3) is 0.979. The monoisotopic (exact) mass is 892 g/mol. The summed E-state index contributed by atoms with van der Waals surface area (Å²) in [6.07, 6.45) is 14.2. The number of amides is 1.